The van der Waals surface area contributed by atoms with Crippen LogP contribution in [0.1, 0.15) is 12.8 Å². The van der Waals surface area contributed by atoms with Gasteiger partial charge in [0.15, 0.2) is 5.65 Å². The summed E-state index contributed by atoms with van der Waals surface area (Å²) in [6.45, 7) is 3.29. The normalized spacial score (nSPS) is 17.0. The van der Waals surface area contributed by atoms with Gasteiger partial charge in [0.05, 0.1) is 5.69 Å². The summed E-state index contributed by atoms with van der Waals surface area (Å²) in [5, 5.41) is 3.27. The predicted octanol–water partition coefficient (Wildman–Crippen LogP) is 1.46. The van der Waals surface area contributed by atoms with Gasteiger partial charge in [0.25, 0.3) is 0 Å². The molecule has 0 radical (unpaired) electrons. The topological polar surface area (TPSA) is 53.9 Å². The molecule has 1 saturated heterocycles. The third-order valence-corrected chi connectivity index (χ3v) is 3.80. The van der Waals surface area contributed by atoms with Gasteiger partial charge >= 0.3 is 0 Å². The molecule has 5 heteroatoms. The molecule has 100 valence electrons. The van der Waals surface area contributed by atoms with Crippen molar-refractivity contribution in [2.24, 2.45) is 5.92 Å². The van der Waals surface area contributed by atoms with Gasteiger partial charge in [0.1, 0.15) is 5.52 Å². The number of nitrogens with zero attached hydrogens (tertiary/aromatic N) is 4. The highest BCUT2D eigenvalue weighted by Crippen LogP contribution is 2.26. The minimum Gasteiger partial charge on any atom is -0.370 e. The molecule has 3 heterocycles. The lowest BCUT2D eigenvalue weighted by Gasteiger charge is -2.33. The third kappa shape index (κ3) is 2.51. The number of fused-ring (bicyclic) bond motifs is 1. The lowest BCUT2D eigenvalue weighted by Crippen LogP contribution is -2.36. The van der Waals surface area contributed by atoms with Crippen LogP contribution in [0.3, 0.4) is 0 Å². The van der Waals surface area contributed by atoms with Gasteiger partial charge in [-0.15, -0.1) is 0 Å². The fourth-order valence-corrected chi connectivity index (χ4v) is 2.79. The molecule has 0 spiro atoms. The average molecular weight is 257 g/mol. The van der Waals surface area contributed by atoms with Crippen LogP contribution in [-0.4, -0.2) is 41.6 Å². The van der Waals surface area contributed by atoms with Crippen molar-refractivity contribution in [2.75, 3.05) is 31.6 Å². The van der Waals surface area contributed by atoms with E-state index in [0.717, 1.165) is 36.7 Å². The lowest BCUT2D eigenvalue weighted by atomic mass is 9.96. The first kappa shape index (κ1) is 12.3. The van der Waals surface area contributed by atoms with Crippen molar-refractivity contribution in [2.45, 2.75) is 12.8 Å². The highest BCUT2D eigenvalue weighted by molar-refractivity contribution is 5.84. The molecular weight excluding hydrogens is 238 g/mol. The van der Waals surface area contributed by atoms with Gasteiger partial charge in [-0.25, -0.2) is 15.0 Å². The summed E-state index contributed by atoms with van der Waals surface area (Å²) in [6.07, 6.45) is 7.71. The number of nitrogens with one attached hydrogen (secondary N) is 1. The molecule has 1 aliphatic rings. The molecule has 1 N–H and O–H groups in total. The summed E-state index contributed by atoms with van der Waals surface area (Å²) in [6, 6.07) is 2.05. The fourth-order valence-electron chi connectivity index (χ4n) is 2.79. The molecule has 0 aromatic carbocycles. The number of piperidine rings is 1. The van der Waals surface area contributed by atoms with Crippen LogP contribution in [0.4, 0.5) is 5.69 Å². The third-order valence-electron chi connectivity index (χ3n) is 3.80. The SMILES string of the molecule is CNCC1CCN(c2ccnc3nccnc23)CC1. The minimum atomic E-state index is 0.734. The monoisotopic (exact) mass is 257 g/mol. The van der Waals surface area contributed by atoms with E-state index in [9.17, 15) is 0 Å². The standard InChI is InChI=1S/C14H19N5/c1-15-10-11-3-8-19(9-4-11)12-2-5-17-14-13(12)16-6-7-18-14/h2,5-7,11,15H,3-4,8-10H2,1H3. The maximum Gasteiger partial charge on any atom is 0.180 e. The molecule has 2 aromatic heterocycles. The van der Waals surface area contributed by atoms with E-state index in [1.807, 2.05) is 13.2 Å². The van der Waals surface area contributed by atoms with Crippen LogP contribution < -0.4 is 10.2 Å². The van der Waals surface area contributed by atoms with Crippen LogP contribution >= 0.6 is 0 Å². The molecular formula is C14H19N5. The molecule has 1 aliphatic heterocycles. The summed E-state index contributed by atoms with van der Waals surface area (Å²) in [4.78, 5) is 15.4. The highest BCUT2D eigenvalue weighted by atomic mass is 15.1. The number of hydrogen-bond acceptors (Lipinski definition) is 5. The van der Waals surface area contributed by atoms with Crippen molar-refractivity contribution in [3.63, 3.8) is 0 Å². The second-order valence-electron chi connectivity index (χ2n) is 5.05. The zero-order valence-corrected chi connectivity index (χ0v) is 11.2. The van der Waals surface area contributed by atoms with Crippen LogP contribution in [0.5, 0.6) is 0 Å². The molecule has 1 fully saturated rings. The Morgan fingerprint density at radius 1 is 1.16 bits per heavy atom. The van der Waals surface area contributed by atoms with Crippen LogP contribution in [0.15, 0.2) is 24.7 Å². The largest absolute Gasteiger partial charge is 0.370 e. The quantitative estimate of drug-likeness (QED) is 0.902. The van der Waals surface area contributed by atoms with E-state index in [4.69, 9.17) is 0 Å². The van der Waals surface area contributed by atoms with E-state index < -0.39 is 0 Å². The van der Waals surface area contributed by atoms with Crippen LogP contribution in [0, 0.1) is 5.92 Å². The zero-order valence-electron chi connectivity index (χ0n) is 11.2. The first-order valence-electron chi connectivity index (χ1n) is 6.84. The van der Waals surface area contributed by atoms with Crippen LogP contribution in [0.25, 0.3) is 11.2 Å². The number of aromatic nitrogens is 3. The number of rotatable bonds is 3. The van der Waals surface area contributed by atoms with Crippen LogP contribution in [0.2, 0.25) is 0 Å². The second kappa shape index (κ2) is 5.48. The van der Waals surface area contributed by atoms with E-state index in [1.54, 1.807) is 12.4 Å². The van der Waals surface area contributed by atoms with E-state index >= 15 is 0 Å². The zero-order chi connectivity index (χ0) is 13.1. The number of hydrogen-bond donors (Lipinski definition) is 1. The summed E-state index contributed by atoms with van der Waals surface area (Å²) in [5.74, 6) is 0.792. The van der Waals surface area contributed by atoms with Crippen molar-refractivity contribution in [1.29, 1.82) is 0 Å². The van der Waals surface area contributed by atoms with Crippen molar-refractivity contribution >= 4 is 16.9 Å². The molecule has 0 bridgehead atoms. The van der Waals surface area contributed by atoms with Gasteiger partial charge in [-0.2, -0.15) is 0 Å². The Balaban J connectivity index is 1.82. The molecule has 0 amide bonds. The fraction of sp³-hybridized carbons (Fsp3) is 0.500. The Bertz CT molecular complexity index is 543. The molecule has 0 unspecified atom stereocenters. The van der Waals surface area contributed by atoms with Gasteiger partial charge in [0, 0.05) is 31.7 Å². The smallest absolute Gasteiger partial charge is 0.180 e. The number of anilines is 1. The Labute approximate surface area is 113 Å². The first-order chi connectivity index (χ1) is 9.38. The highest BCUT2D eigenvalue weighted by Gasteiger charge is 2.20. The van der Waals surface area contributed by atoms with Crippen LogP contribution in [-0.2, 0) is 0 Å². The van der Waals surface area contributed by atoms with E-state index in [1.165, 1.54) is 18.5 Å². The average Bonchev–Trinajstić information content (AvgIpc) is 2.48. The molecule has 5 nitrogen and oxygen atoms in total. The molecule has 0 saturated carbocycles. The van der Waals surface area contributed by atoms with Crippen molar-refractivity contribution in [3.8, 4) is 0 Å². The van der Waals surface area contributed by atoms with Gasteiger partial charge in [0.2, 0.25) is 0 Å². The van der Waals surface area contributed by atoms with Gasteiger partial charge < -0.3 is 10.2 Å². The second-order valence-corrected chi connectivity index (χ2v) is 5.05. The van der Waals surface area contributed by atoms with Gasteiger partial charge in [-0.05, 0) is 38.4 Å². The van der Waals surface area contributed by atoms with Crippen molar-refractivity contribution in [3.05, 3.63) is 24.7 Å². The molecule has 19 heavy (non-hydrogen) atoms. The molecule has 0 aliphatic carbocycles. The van der Waals surface area contributed by atoms with Gasteiger partial charge in [-0.1, -0.05) is 0 Å². The Hall–Kier alpha value is -1.75. The number of pyridine rings is 1. The predicted molar refractivity (Wildman–Crippen MR) is 76.2 cm³/mol. The molecule has 0 atom stereocenters. The summed E-state index contributed by atoms with van der Waals surface area (Å²) >= 11 is 0. The summed E-state index contributed by atoms with van der Waals surface area (Å²) in [5.41, 5.74) is 2.82. The molecule has 2 aromatic rings. The maximum absolute atomic E-state index is 4.43. The summed E-state index contributed by atoms with van der Waals surface area (Å²) in [7, 11) is 2.03. The van der Waals surface area contributed by atoms with Gasteiger partial charge in [-0.3, -0.25) is 0 Å². The van der Waals surface area contributed by atoms with E-state index in [2.05, 4.69) is 31.2 Å². The lowest BCUT2D eigenvalue weighted by molar-refractivity contribution is 0.394. The Morgan fingerprint density at radius 3 is 2.68 bits per heavy atom. The minimum absolute atomic E-state index is 0.734. The maximum atomic E-state index is 4.43. The Morgan fingerprint density at radius 2 is 1.89 bits per heavy atom. The van der Waals surface area contributed by atoms with Crippen molar-refractivity contribution < 1.29 is 0 Å². The Kier molecular flexibility index (Phi) is 3.55. The molecule has 3 rings (SSSR count). The summed E-state index contributed by atoms with van der Waals surface area (Å²) < 4.78 is 0. The van der Waals surface area contributed by atoms with E-state index in [-0.39, 0.29) is 0 Å². The van der Waals surface area contributed by atoms with E-state index in [0.29, 0.717) is 0 Å². The first-order valence-corrected chi connectivity index (χ1v) is 6.84. The van der Waals surface area contributed by atoms with Crippen molar-refractivity contribution in [1.82, 2.24) is 20.3 Å².